The van der Waals surface area contributed by atoms with Crippen molar-refractivity contribution in [2.45, 2.75) is 83.8 Å². The second-order valence-electron chi connectivity index (χ2n) is 13.0. The third kappa shape index (κ3) is 3.71. The van der Waals surface area contributed by atoms with Crippen LogP contribution in [0.5, 0.6) is 0 Å². The zero-order valence-electron chi connectivity index (χ0n) is 21.7. The van der Waals surface area contributed by atoms with Crippen LogP contribution in [0.4, 0.5) is 0 Å². The van der Waals surface area contributed by atoms with Crippen LogP contribution in [0.15, 0.2) is 30.5 Å². The highest BCUT2D eigenvalue weighted by atomic mass is 16.5. The van der Waals surface area contributed by atoms with Crippen LogP contribution in [0.3, 0.4) is 0 Å². The van der Waals surface area contributed by atoms with Gasteiger partial charge < -0.3 is 9.84 Å². The van der Waals surface area contributed by atoms with E-state index in [0.29, 0.717) is 36.0 Å². The number of aliphatic hydroxyl groups is 1. The molecule has 0 saturated heterocycles. The van der Waals surface area contributed by atoms with Crippen LogP contribution in [-0.2, 0) is 16.1 Å². The second-order valence-corrected chi connectivity index (χ2v) is 13.0. The first kappa shape index (κ1) is 23.7. The largest absolute Gasteiger partial charge is 0.390 e. The van der Waals surface area contributed by atoms with E-state index in [0.717, 1.165) is 49.6 Å². The summed E-state index contributed by atoms with van der Waals surface area (Å²) in [6.07, 6.45) is 11.9. The molecule has 0 spiro atoms. The first-order chi connectivity index (χ1) is 16.8. The van der Waals surface area contributed by atoms with Crippen molar-refractivity contribution in [2.24, 2.45) is 40.4 Å². The lowest BCUT2D eigenvalue weighted by molar-refractivity contribution is -0.175. The normalized spacial score (nSPS) is 42.9. The summed E-state index contributed by atoms with van der Waals surface area (Å²) < 4.78 is 7.76. The van der Waals surface area contributed by atoms with Crippen molar-refractivity contribution in [2.75, 3.05) is 13.7 Å². The van der Waals surface area contributed by atoms with E-state index >= 15 is 0 Å². The molecule has 8 atom stereocenters. The number of benzene rings is 1. The van der Waals surface area contributed by atoms with Gasteiger partial charge in [0.25, 0.3) is 0 Å². The lowest BCUT2D eigenvalue weighted by Gasteiger charge is -2.62. The fourth-order valence-electron chi connectivity index (χ4n) is 9.68. The molecule has 4 saturated carbocycles. The quantitative estimate of drug-likeness (QED) is 0.604. The van der Waals surface area contributed by atoms with Gasteiger partial charge in [-0.2, -0.15) is 5.10 Å². The number of aromatic nitrogens is 2. The smallest absolute Gasteiger partial charge is 0.157 e. The molecule has 4 aliphatic rings. The van der Waals surface area contributed by atoms with Gasteiger partial charge in [-0.15, -0.1) is 0 Å². The van der Waals surface area contributed by atoms with Gasteiger partial charge in [0.15, 0.2) is 5.78 Å². The molecule has 0 amide bonds. The van der Waals surface area contributed by atoms with Gasteiger partial charge in [-0.05, 0) is 105 Å². The third-order valence-corrected chi connectivity index (χ3v) is 11.2. The van der Waals surface area contributed by atoms with E-state index in [-0.39, 0.29) is 16.7 Å². The van der Waals surface area contributed by atoms with E-state index in [2.05, 4.69) is 18.1 Å². The number of fused-ring (bicyclic) bond motifs is 6. The van der Waals surface area contributed by atoms with Crippen molar-refractivity contribution in [3.05, 3.63) is 30.5 Å². The first-order valence-corrected chi connectivity index (χ1v) is 13.9. The Morgan fingerprint density at radius 1 is 1.09 bits per heavy atom. The molecule has 2 aromatic rings. The molecule has 1 heterocycles. The molecule has 5 heteroatoms. The average molecular weight is 479 g/mol. The van der Waals surface area contributed by atoms with E-state index in [4.69, 9.17) is 4.74 Å². The summed E-state index contributed by atoms with van der Waals surface area (Å²) in [6.45, 7) is 5.68. The van der Waals surface area contributed by atoms with E-state index in [1.165, 1.54) is 25.7 Å². The topological polar surface area (TPSA) is 64.3 Å². The molecule has 4 fully saturated rings. The van der Waals surface area contributed by atoms with Crippen molar-refractivity contribution < 1.29 is 14.6 Å². The van der Waals surface area contributed by atoms with Crippen LogP contribution in [0.25, 0.3) is 10.9 Å². The van der Waals surface area contributed by atoms with E-state index in [9.17, 15) is 9.90 Å². The number of hydrogen-bond donors (Lipinski definition) is 1. The molecule has 1 aromatic heterocycles. The Balaban J connectivity index is 1.23. The van der Waals surface area contributed by atoms with Crippen LogP contribution >= 0.6 is 0 Å². The second kappa shape index (κ2) is 8.41. The third-order valence-electron chi connectivity index (χ3n) is 11.2. The van der Waals surface area contributed by atoms with Crippen LogP contribution in [0, 0.1) is 40.4 Å². The van der Waals surface area contributed by atoms with E-state index < -0.39 is 5.60 Å². The molecule has 6 rings (SSSR count). The Kier molecular flexibility index (Phi) is 5.69. The lowest BCUT2D eigenvalue weighted by atomic mass is 9.43. The Bertz CT molecular complexity index is 1070. The Labute approximate surface area is 209 Å². The standard InChI is InChI=1S/C30H42N2O3/c1-28(34)14-15-30(19-35-3)21(16-28)8-9-22-23-10-11-25(29(23,2)13-12-24(22)30)27(33)18-32-17-20-6-4-5-7-26(20)31-32/h4-7,17,21-25,34H,8-16,18-19H2,1-3H3/t21-,22+,23+,24+,25-,28-,29+,30-/m1/s1. The van der Waals surface area contributed by atoms with Gasteiger partial charge in [0.1, 0.15) is 0 Å². The molecule has 0 unspecified atom stereocenters. The molecule has 190 valence electrons. The maximum absolute atomic E-state index is 13.7. The van der Waals surface area contributed by atoms with E-state index in [1.807, 2.05) is 43.1 Å². The Hall–Kier alpha value is -1.72. The van der Waals surface area contributed by atoms with Crippen molar-refractivity contribution >= 4 is 16.7 Å². The van der Waals surface area contributed by atoms with Gasteiger partial charge in [-0.1, -0.05) is 25.1 Å². The van der Waals surface area contributed by atoms with Gasteiger partial charge in [0.05, 0.1) is 24.3 Å². The fraction of sp³-hybridized carbons (Fsp3) is 0.733. The number of hydrogen-bond acceptors (Lipinski definition) is 4. The lowest BCUT2D eigenvalue weighted by Crippen LogP contribution is -2.58. The highest BCUT2D eigenvalue weighted by Crippen LogP contribution is 2.68. The van der Waals surface area contributed by atoms with Gasteiger partial charge >= 0.3 is 0 Å². The number of rotatable bonds is 5. The minimum absolute atomic E-state index is 0.103. The molecule has 5 nitrogen and oxygen atoms in total. The summed E-state index contributed by atoms with van der Waals surface area (Å²) in [7, 11) is 1.86. The molecule has 0 radical (unpaired) electrons. The summed E-state index contributed by atoms with van der Waals surface area (Å²) in [4.78, 5) is 13.7. The predicted octanol–water partition coefficient (Wildman–Crippen LogP) is 5.64. The highest BCUT2D eigenvalue weighted by molar-refractivity contribution is 5.83. The van der Waals surface area contributed by atoms with Gasteiger partial charge in [0.2, 0.25) is 0 Å². The van der Waals surface area contributed by atoms with Gasteiger partial charge in [0, 0.05) is 24.6 Å². The zero-order chi connectivity index (χ0) is 24.4. The Morgan fingerprint density at radius 3 is 2.71 bits per heavy atom. The highest BCUT2D eigenvalue weighted by Gasteiger charge is 2.63. The maximum Gasteiger partial charge on any atom is 0.157 e. The SMILES string of the molecule is COC[C@]12CC[C@@](C)(O)C[C@H]1CC[C@H]1[C@@H]3CC[C@H](C(=O)Cn4cc5ccccc5n4)[C@@]3(C)CC[C@@H]12. The number of carbonyl (C=O) groups excluding carboxylic acids is 1. The molecule has 4 aliphatic carbocycles. The fourth-order valence-corrected chi connectivity index (χ4v) is 9.68. The summed E-state index contributed by atoms with van der Waals surface area (Å²) in [5.41, 5.74) is 0.744. The average Bonchev–Trinajstić information content (AvgIpc) is 3.39. The van der Waals surface area contributed by atoms with Crippen LogP contribution in [0.1, 0.15) is 71.6 Å². The summed E-state index contributed by atoms with van der Waals surface area (Å²) in [6, 6.07) is 8.10. The summed E-state index contributed by atoms with van der Waals surface area (Å²) in [5, 5.41) is 16.6. The number of Topliss-reactive ketones (excluding diaryl/α,β-unsaturated/α-hetero) is 1. The minimum atomic E-state index is -0.528. The van der Waals surface area contributed by atoms with Crippen LogP contribution in [0.2, 0.25) is 0 Å². The molecular formula is C30H42N2O3. The minimum Gasteiger partial charge on any atom is -0.390 e. The number of carbonyl (C=O) groups is 1. The number of ketones is 1. The molecule has 1 N–H and O–H groups in total. The van der Waals surface area contributed by atoms with Crippen molar-refractivity contribution in [1.82, 2.24) is 9.78 Å². The zero-order valence-corrected chi connectivity index (χ0v) is 21.7. The van der Waals surface area contributed by atoms with Gasteiger partial charge in [-0.3, -0.25) is 9.48 Å². The molecular weight excluding hydrogens is 436 g/mol. The van der Waals surface area contributed by atoms with Gasteiger partial charge in [-0.25, -0.2) is 0 Å². The van der Waals surface area contributed by atoms with Crippen LogP contribution < -0.4 is 0 Å². The van der Waals surface area contributed by atoms with E-state index in [1.54, 1.807) is 0 Å². The summed E-state index contributed by atoms with van der Waals surface area (Å²) in [5.74, 6) is 3.06. The maximum atomic E-state index is 13.7. The van der Waals surface area contributed by atoms with Crippen molar-refractivity contribution in [3.63, 3.8) is 0 Å². The number of ether oxygens (including phenoxy) is 1. The van der Waals surface area contributed by atoms with Crippen molar-refractivity contribution in [1.29, 1.82) is 0 Å². The monoisotopic (exact) mass is 478 g/mol. The number of methoxy groups -OCH3 is 1. The molecule has 0 bridgehead atoms. The van der Waals surface area contributed by atoms with Crippen molar-refractivity contribution in [3.8, 4) is 0 Å². The van der Waals surface area contributed by atoms with Crippen LogP contribution in [-0.4, -0.2) is 40.0 Å². The Morgan fingerprint density at radius 2 is 1.91 bits per heavy atom. The number of nitrogens with zero attached hydrogens (tertiary/aromatic N) is 2. The molecule has 0 aliphatic heterocycles. The first-order valence-electron chi connectivity index (χ1n) is 13.9. The summed E-state index contributed by atoms with van der Waals surface area (Å²) >= 11 is 0. The molecule has 1 aromatic carbocycles. The molecule has 35 heavy (non-hydrogen) atoms. The predicted molar refractivity (Wildman–Crippen MR) is 137 cm³/mol.